The van der Waals surface area contributed by atoms with Crippen molar-refractivity contribution in [2.75, 3.05) is 66.5 Å². The van der Waals surface area contributed by atoms with Gasteiger partial charge in [-0.25, -0.2) is 9.59 Å². The quantitative estimate of drug-likeness (QED) is 0.179. The maximum atomic E-state index is 11.4. The van der Waals surface area contributed by atoms with Crippen LogP contribution in [-0.2, 0) is 27.0 Å². The third kappa shape index (κ3) is 21.7. The smallest absolute Gasteiger partial charge is 0 e. The van der Waals surface area contributed by atoms with E-state index in [1.165, 1.54) is 5.56 Å². The first kappa shape index (κ1) is 49.7. The van der Waals surface area contributed by atoms with Gasteiger partial charge in [-0.15, -0.1) is 12.4 Å². The normalized spacial score (nSPS) is 13.8. The molecular formula is C20H40BClI3N6O4Pd-2. The van der Waals surface area contributed by atoms with Crippen molar-refractivity contribution in [1.82, 2.24) is 30.7 Å². The Hall–Kier alpha value is 0.807. The number of rotatable bonds is 2. The first-order valence-corrected chi connectivity index (χ1v) is 22.4. The van der Waals surface area contributed by atoms with Crippen LogP contribution >= 0.6 is 49.6 Å². The molecule has 0 bridgehead atoms. The second kappa shape index (κ2) is 32.0. The molecule has 4 amide bonds. The van der Waals surface area contributed by atoms with E-state index in [2.05, 4.69) is 82.3 Å². The maximum absolute atomic E-state index is 11.4. The minimum atomic E-state index is 0. The molecule has 0 aromatic heterocycles. The molecule has 2 fully saturated rings. The number of halogens is 4. The van der Waals surface area contributed by atoms with Gasteiger partial charge in [-0.1, -0.05) is 30.3 Å². The average Bonchev–Trinajstić information content (AvgIpc) is 2.81. The van der Waals surface area contributed by atoms with Crippen LogP contribution in [0.25, 0.3) is 0 Å². The third-order valence-electron chi connectivity index (χ3n) is 4.74. The van der Waals surface area contributed by atoms with Gasteiger partial charge in [0.25, 0.3) is 0 Å². The first-order chi connectivity index (χ1) is 14.5. The Morgan fingerprint density at radius 3 is 1.67 bits per heavy atom. The van der Waals surface area contributed by atoms with Gasteiger partial charge in [0.2, 0.25) is 0 Å². The molecule has 1 aromatic carbocycles. The van der Waals surface area contributed by atoms with Crippen molar-refractivity contribution < 1.29 is 54.2 Å². The predicted octanol–water partition coefficient (Wildman–Crippen LogP) is -2.01. The first-order valence-electron chi connectivity index (χ1n) is 9.83. The largest absolute Gasteiger partial charge is 0.412 e. The summed E-state index contributed by atoms with van der Waals surface area (Å²) in [5, 5.41) is 8.43. The van der Waals surface area contributed by atoms with Gasteiger partial charge >= 0.3 is 62.5 Å². The molecule has 10 nitrogen and oxygen atoms in total. The Bertz CT molecular complexity index is 624. The Labute approximate surface area is 268 Å². The number of benzene rings is 1. The summed E-state index contributed by atoms with van der Waals surface area (Å²) in [4.78, 5) is 28.4. The molecule has 7 N–H and O–H groups in total. The summed E-state index contributed by atoms with van der Waals surface area (Å²) < 4.78 is 0. The summed E-state index contributed by atoms with van der Waals surface area (Å²) in [6.45, 7) is 7.95. The molecule has 16 heteroatoms. The molecule has 0 spiro atoms. The van der Waals surface area contributed by atoms with Crippen LogP contribution in [0.5, 0.6) is 0 Å². The molecule has 2 aliphatic rings. The van der Waals surface area contributed by atoms with Crippen LogP contribution in [-0.4, -0.2) is 113 Å². The van der Waals surface area contributed by atoms with Crippen LogP contribution in [0.2, 0.25) is 0 Å². The van der Waals surface area contributed by atoms with E-state index in [-0.39, 0.29) is 71.7 Å². The molecule has 0 atom stereocenters. The Kier molecular flexibility index (Phi) is 44.2. The molecule has 3 rings (SSSR count). The van der Waals surface area contributed by atoms with Gasteiger partial charge < -0.3 is 44.1 Å². The minimum Gasteiger partial charge on any atom is -0.412 e. The fraction of sp³-hybridized carbons (Fsp3) is 0.550. The van der Waals surface area contributed by atoms with E-state index >= 15 is 0 Å². The number of amides is 4. The van der Waals surface area contributed by atoms with E-state index in [1.807, 2.05) is 11.0 Å². The van der Waals surface area contributed by atoms with E-state index < -0.39 is 0 Å². The number of nitrogens with zero attached hydrogens (tertiary/aromatic N) is 3. The topological polar surface area (TPSA) is 143 Å². The Morgan fingerprint density at radius 1 is 0.889 bits per heavy atom. The van der Waals surface area contributed by atoms with Gasteiger partial charge in [-0.05, 0) is 5.56 Å². The molecule has 36 heavy (non-hydrogen) atoms. The minimum absolute atomic E-state index is 0. The van der Waals surface area contributed by atoms with Gasteiger partial charge in [0.15, 0.2) is 0 Å². The zero-order valence-electron chi connectivity index (χ0n) is 20.8. The van der Waals surface area contributed by atoms with Crippen LogP contribution in [0.4, 0.5) is 9.59 Å². The Balaban J connectivity index is -0.000000104. The van der Waals surface area contributed by atoms with Crippen molar-refractivity contribution >= 4 is 70.1 Å². The monoisotopic (exact) mass is 961 g/mol. The number of hydrogen-bond donors (Lipinski definition) is 3. The SMILES string of the molecule is CNC(=O)N1CCN(Cc2ccccc2)CC1.CNC(=O)N1CCNCC1.Cl.I[I-]I.O.O.[B].[CH3-].[Pd]. The van der Waals surface area contributed by atoms with Crippen molar-refractivity contribution in [3.8, 4) is 0 Å². The van der Waals surface area contributed by atoms with Gasteiger partial charge in [-0.3, -0.25) is 4.90 Å². The second-order valence-corrected chi connectivity index (χ2v) is 22.9. The maximum Gasteiger partial charge on any atom is 0 e. The fourth-order valence-corrected chi connectivity index (χ4v) is 3.13. The number of piperazine rings is 2. The van der Waals surface area contributed by atoms with Crippen molar-refractivity contribution in [1.29, 1.82) is 0 Å². The van der Waals surface area contributed by atoms with Gasteiger partial charge in [0, 0.05) is 102 Å². The summed E-state index contributed by atoms with van der Waals surface area (Å²) in [5.74, 6) is 0. The van der Waals surface area contributed by atoms with Crippen molar-refractivity contribution in [3.63, 3.8) is 0 Å². The summed E-state index contributed by atoms with van der Waals surface area (Å²) in [6, 6.07) is 10.5. The van der Waals surface area contributed by atoms with Crippen LogP contribution in [0, 0.1) is 7.43 Å². The fourth-order valence-electron chi connectivity index (χ4n) is 3.13. The van der Waals surface area contributed by atoms with Gasteiger partial charge in [0.05, 0.1) is 0 Å². The summed E-state index contributed by atoms with van der Waals surface area (Å²) >= 11 is 5.30. The number of carbonyl (C=O) groups excluding carboxylic acids is 2. The summed E-state index contributed by atoms with van der Waals surface area (Å²) in [7, 11) is 3.34. The van der Waals surface area contributed by atoms with Crippen molar-refractivity contribution in [2.24, 2.45) is 0 Å². The van der Waals surface area contributed by atoms with E-state index in [9.17, 15) is 9.59 Å². The van der Waals surface area contributed by atoms with Crippen LogP contribution in [0.3, 0.4) is 0 Å². The zero-order valence-corrected chi connectivity index (χ0v) is 29.7. The molecule has 217 valence electrons. The molecule has 2 aliphatic heterocycles. The number of urea groups is 2. The predicted molar refractivity (Wildman–Crippen MR) is 161 cm³/mol. The molecular weight excluding hydrogens is 922 g/mol. The number of carbonyl (C=O) groups is 2. The summed E-state index contributed by atoms with van der Waals surface area (Å²) in [5.41, 5.74) is 1.33. The summed E-state index contributed by atoms with van der Waals surface area (Å²) in [6.07, 6.45) is 0. The molecule has 2 heterocycles. The van der Waals surface area contributed by atoms with E-state index in [1.54, 1.807) is 19.0 Å². The third-order valence-corrected chi connectivity index (χ3v) is 4.74. The van der Waals surface area contributed by atoms with E-state index in [0.717, 1.165) is 58.9 Å². The second-order valence-electron chi connectivity index (χ2n) is 6.65. The van der Waals surface area contributed by atoms with E-state index in [0.29, 0.717) is 13.3 Å². The van der Waals surface area contributed by atoms with Gasteiger partial charge in [-0.2, -0.15) is 0 Å². The molecule has 0 unspecified atom stereocenters. The zero-order chi connectivity index (χ0) is 22.2. The van der Waals surface area contributed by atoms with Gasteiger partial charge in [0.1, 0.15) is 0 Å². The molecule has 0 saturated carbocycles. The number of nitrogens with one attached hydrogen (secondary N) is 3. The van der Waals surface area contributed by atoms with Crippen molar-refractivity contribution in [3.05, 3.63) is 43.3 Å². The van der Waals surface area contributed by atoms with E-state index in [4.69, 9.17) is 0 Å². The molecule has 0 aliphatic carbocycles. The standard InChI is InChI=1S/C13H19N3O.C6H13N3O.CH3.B.ClH.I3.2H2O.Pd/c1-14-13(17)16-9-7-15(8-10-16)11-12-5-3-2-4-6-12;1-7-6(10)9-4-2-8-3-5-9;;;;1-3-2;;;/h2-6H,7-11H2,1H3,(H,14,17);8H,2-5H2,1H3,(H,7,10);1H3;;1H;;2*1H2;/q;;-1;;;-1;;;. The molecule has 1 aromatic rings. The number of hydrogen-bond acceptors (Lipinski definition) is 4. The molecule has 3 radical (unpaired) electrons. The van der Waals surface area contributed by atoms with Crippen molar-refractivity contribution in [2.45, 2.75) is 6.54 Å². The average molecular weight is 962 g/mol. The van der Waals surface area contributed by atoms with Crippen LogP contribution < -0.4 is 29.2 Å². The molecule has 2 saturated heterocycles. The Morgan fingerprint density at radius 2 is 1.28 bits per heavy atom. The van der Waals surface area contributed by atoms with Crippen LogP contribution in [0.15, 0.2) is 30.3 Å². The van der Waals surface area contributed by atoms with Crippen LogP contribution in [0.1, 0.15) is 5.56 Å².